The molecule has 0 aliphatic heterocycles. The van der Waals surface area contributed by atoms with Crippen molar-refractivity contribution >= 4 is 17.5 Å². The third kappa shape index (κ3) is 4.08. The summed E-state index contributed by atoms with van der Waals surface area (Å²) in [5.74, 6) is -0.529. The van der Waals surface area contributed by atoms with Crippen LogP contribution in [0.3, 0.4) is 0 Å². The van der Waals surface area contributed by atoms with Gasteiger partial charge in [-0.2, -0.15) is 10.1 Å². The van der Waals surface area contributed by atoms with Gasteiger partial charge in [0.15, 0.2) is 5.82 Å². The number of rotatable bonds is 6. The van der Waals surface area contributed by atoms with Crippen molar-refractivity contribution in [1.82, 2.24) is 15.2 Å². The van der Waals surface area contributed by atoms with E-state index in [2.05, 4.69) is 27.4 Å². The lowest BCUT2D eigenvalue weighted by atomic mass is 10.3. The zero-order valence-electron chi connectivity index (χ0n) is 12.0. The first-order chi connectivity index (χ1) is 10.1. The number of hydrogen-bond acceptors (Lipinski definition) is 5. The van der Waals surface area contributed by atoms with Crippen LogP contribution in [0.25, 0.3) is 0 Å². The van der Waals surface area contributed by atoms with Crippen molar-refractivity contribution in [3.8, 4) is 0 Å². The second kappa shape index (κ2) is 6.92. The first-order valence-corrected chi connectivity index (χ1v) is 6.73. The molecule has 0 atom stereocenters. The topological polar surface area (TPSA) is 53.9 Å². The van der Waals surface area contributed by atoms with Gasteiger partial charge in [-0.15, -0.1) is 5.10 Å². The summed E-state index contributed by atoms with van der Waals surface area (Å²) in [4.78, 5) is 6.21. The molecular weight excluding hydrogens is 276 g/mol. The predicted molar refractivity (Wildman–Crippen MR) is 77.6 cm³/mol. The second-order valence-corrected chi connectivity index (χ2v) is 4.66. The Morgan fingerprint density at radius 3 is 2.81 bits per heavy atom. The molecule has 0 saturated carbocycles. The minimum atomic E-state index is -0.705. The maximum atomic E-state index is 13.6. The Kier molecular flexibility index (Phi) is 4.97. The standard InChI is InChI=1S/C14H17F2N5/c1-3-4-7-21(2)13-9-17-20-14(19-13)18-12-6-5-10(15)8-11(12)16/h5-6,8-9H,3-4,7H2,1-2H3,(H,18,19,20). The molecule has 7 heteroatoms. The van der Waals surface area contributed by atoms with Crippen molar-refractivity contribution in [1.29, 1.82) is 0 Å². The smallest absolute Gasteiger partial charge is 0.249 e. The zero-order chi connectivity index (χ0) is 15.2. The highest BCUT2D eigenvalue weighted by molar-refractivity contribution is 5.55. The van der Waals surface area contributed by atoms with Crippen molar-refractivity contribution in [3.63, 3.8) is 0 Å². The number of unbranched alkanes of at least 4 members (excludes halogenated alkanes) is 1. The number of hydrogen-bond donors (Lipinski definition) is 1. The molecule has 0 unspecified atom stereocenters. The molecule has 1 aromatic carbocycles. The Hall–Kier alpha value is -2.31. The van der Waals surface area contributed by atoms with E-state index < -0.39 is 11.6 Å². The fourth-order valence-corrected chi connectivity index (χ4v) is 1.75. The van der Waals surface area contributed by atoms with Crippen molar-refractivity contribution in [2.24, 2.45) is 0 Å². The van der Waals surface area contributed by atoms with E-state index >= 15 is 0 Å². The van der Waals surface area contributed by atoms with Crippen molar-refractivity contribution in [2.45, 2.75) is 19.8 Å². The van der Waals surface area contributed by atoms with E-state index in [0.717, 1.165) is 31.5 Å². The average Bonchev–Trinajstić information content (AvgIpc) is 2.48. The van der Waals surface area contributed by atoms with Crippen LogP contribution in [0.5, 0.6) is 0 Å². The lowest BCUT2D eigenvalue weighted by molar-refractivity contribution is 0.586. The second-order valence-electron chi connectivity index (χ2n) is 4.66. The van der Waals surface area contributed by atoms with E-state index in [1.807, 2.05) is 11.9 Å². The summed E-state index contributed by atoms with van der Waals surface area (Å²) in [6, 6.07) is 3.25. The molecule has 2 aromatic rings. The molecule has 5 nitrogen and oxygen atoms in total. The zero-order valence-corrected chi connectivity index (χ0v) is 12.0. The highest BCUT2D eigenvalue weighted by atomic mass is 19.1. The van der Waals surface area contributed by atoms with Gasteiger partial charge in [0, 0.05) is 19.7 Å². The Morgan fingerprint density at radius 2 is 2.10 bits per heavy atom. The molecule has 1 aromatic heterocycles. The van der Waals surface area contributed by atoms with E-state index in [0.29, 0.717) is 5.82 Å². The molecule has 21 heavy (non-hydrogen) atoms. The van der Waals surface area contributed by atoms with Gasteiger partial charge < -0.3 is 10.2 Å². The molecule has 1 heterocycles. The monoisotopic (exact) mass is 293 g/mol. The number of nitrogens with one attached hydrogen (secondary N) is 1. The summed E-state index contributed by atoms with van der Waals surface area (Å²) in [6.45, 7) is 2.95. The van der Waals surface area contributed by atoms with Gasteiger partial charge >= 0.3 is 0 Å². The normalized spacial score (nSPS) is 10.5. The first kappa shape index (κ1) is 15.1. The van der Waals surface area contributed by atoms with Gasteiger partial charge in [-0.1, -0.05) is 13.3 Å². The number of benzene rings is 1. The Labute approximate surface area is 122 Å². The maximum absolute atomic E-state index is 13.6. The van der Waals surface area contributed by atoms with Crippen LogP contribution in [-0.2, 0) is 0 Å². The third-order valence-electron chi connectivity index (χ3n) is 2.96. The molecule has 0 amide bonds. The summed E-state index contributed by atoms with van der Waals surface area (Å²) in [5.41, 5.74) is 0.103. The molecular formula is C14H17F2N5. The van der Waals surface area contributed by atoms with Crippen molar-refractivity contribution in [2.75, 3.05) is 23.8 Å². The molecule has 2 rings (SSSR count). The van der Waals surface area contributed by atoms with Crippen molar-refractivity contribution in [3.05, 3.63) is 36.0 Å². The van der Waals surface area contributed by atoms with Crippen LogP contribution in [0.15, 0.2) is 24.4 Å². The van der Waals surface area contributed by atoms with Gasteiger partial charge in [-0.05, 0) is 18.6 Å². The Morgan fingerprint density at radius 1 is 1.29 bits per heavy atom. The highest BCUT2D eigenvalue weighted by Crippen LogP contribution is 2.19. The van der Waals surface area contributed by atoms with E-state index in [1.165, 1.54) is 6.07 Å². The van der Waals surface area contributed by atoms with Gasteiger partial charge in [0.25, 0.3) is 0 Å². The molecule has 112 valence electrons. The molecule has 0 radical (unpaired) electrons. The van der Waals surface area contributed by atoms with E-state index in [-0.39, 0.29) is 11.6 Å². The lowest BCUT2D eigenvalue weighted by Gasteiger charge is -2.17. The fourth-order valence-electron chi connectivity index (χ4n) is 1.75. The molecule has 0 fully saturated rings. The summed E-state index contributed by atoms with van der Waals surface area (Å²) in [6.07, 6.45) is 3.66. The van der Waals surface area contributed by atoms with E-state index in [4.69, 9.17) is 0 Å². The summed E-state index contributed by atoms with van der Waals surface area (Å²) < 4.78 is 26.4. The summed E-state index contributed by atoms with van der Waals surface area (Å²) in [5, 5.41) is 10.3. The highest BCUT2D eigenvalue weighted by Gasteiger charge is 2.08. The van der Waals surface area contributed by atoms with Gasteiger partial charge in [0.05, 0.1) is 11.9 Å². The number of halogens is 2. The van der Waals surface area contributed by atoms with Crippen LogP contribution >= 0.6 is 0 Å². The first-order valence-electron chi connectivity index (χ1n) is 6.73. The molecule has 0 aliphatic rings. The summed E-state index contributed by atoms with van der Waals surface area (Å²) >= 11 is 0. The number of nitrogens with zero attached hydrogens (tertiary/aromatic N) is 4. The molecule has 0 saturated heterocycles. The van der Waals surface area contributed by atoms with Crippen molar-refractivity contribution < 1.29 is 8.78 Å². The maximum Gasteiger partial charge on any atom is 0.249 e. The summed E-state index contributed by atoms with van der Waals surface area (Å²) in [7, 11) is 1.90. The van der Waals surface area contributed by atoms with Gasteiger partial charge in [-0.25, -0.2) is 8.78 Å². The van der Waals surface area contributed by atoms with E-state index in [1.54, 1.807) is 6.20 Å². The number of anilines is 3. The average molecular weight is 293 g/mol. The molecule has 0 bridgehead atoms. The van der Waals surface area contributed by atoms with Gasteiger partial charge in [0.2, 0.25) is 5.95 Å². The van der Waals surface area contributed by atoms with Crippen LogP contribution in [0.2, 0.25) is 0 Å². The Balaban J connectivity index is 2.13. The predicted octanol–water partition coefficient (Wildman–Crippen LogP) is 3.13. The van der Waals surface area contributed by atoms with Crippen LogP contribution < -0.4 is 10.2 Å². The molecule has 0 spiro atoms. The van der Waals surface area contributed by atoms with Crippen LogP contribution in [-0.4, -0.2) is 28.8 Å². The van der Waals surface area contributed by atoms with E-state index in [9.17, 15) is 8.78 Å². The lowest BCUT2D eigenvalue weighted by Crippen LogP contribution is -2.20. The quantitative estimate of drug-likeness (QED) is 0.886. The minimum absolute atomic E-state index is 0.103. The van der Waals surface area contributed by atoms with Crippen LogP contribution in [0.4, 0.5) is 26.2 Å². The SMILES string of the molecule is CCCCN(C)c1cnnc(Nc2ccc(F)cc2F)n1. The van der Waals surface area contributed by atoms with Crippen LogP contribution in [0, 0.1) is 11.6 Å². The van der Waals surface area contributed by atoms with Gasteiger partial charge in [0.1, 0.15) is 11.6 Å². The minimum Gasteiger partial charge on any atom is -0.358 e. The van der Waals surface area contributed by atoms with Crippen LogP contribution in [0.1, 0.15) is 19.8 Å². The van der Waals surface area contributed by atoms with Gasteiger partial charge in [-0.3, -0.25) is 0 Å². The fraction of sp³-hybridized carbons (Fsp3) is 0.357. The largest absolute Gasteiger partial charge is 0.358 e. The third-order valence-corrected chi connectivity index (χ3v) is 2.96. The molecule has 1 N–H and O–H groups in total. The number of aromatic nitrogens is 3. The Bertz CT molecular complexity index is 606. The molecule has 0 aliphatic carbocycles.